The summed E-state index contributed by atoms with van der Waals surface area (Å²) in [7, 11) is 0. The summed E-state index contributed by atoms with van der Waals surface area (Å²) in [5.41, 5.74) is 2.04. The molecule has 0 radical (unpaired) electrons. The minimum Gasteiger partial charge on any atom is -0.422 e. The number of hydrogen-bond donors (Lipinski definition) is 0. The van der Waals surface area contributed by atoms with Crippen molar-refractivity contribution >= 4 is 32.6 Å². The summed E-state index contributed by atoms with van der Waals surface area (Å²) in [5, 5.41) is 8.91. The van der Waals surface area contributed by atoms with Gasteiger partial charge in [-0.15, -0.1) is 10.2 Å². The van der Waals surface area contributed by atoms with Gasteiger partial charge in [-0.2, -0.15) is 0 Å². The van der Waals surface area contributed by atoms with Gasteiger partial charge in [0.2, 0.25) is 5.89 Å². The van der Waals surface area contributed by atoms with Crippen molar-refractivity contribution in [2.75, 3.05) is 18.0 Å². The van der Waals surface area contributed by atoms with Crippen LogP contribution in [0.4, 0.5) is 5.69 Å². The fourth-order valence-electron chi connectivity index (χ4n) is 3.11. The van der Waals surface area contributed by atoms with E-state index in [4.69, 9.17) is 8.83 Å². The Kier molecular flexibility index (Phi) is 5.00. The molecule has 28 heavy (non-hydrogen) atoms. The number of rotatable bonds is 5. The number of nitrogens with zero attached hydrogens (tertiary/aromatic N) is 3. The van der Waals surface area contributed by atoms with Gasteiger partial charge in [0, 0.05) is 34.7 Å². The minimum absolute atomic E-state index is 0.134. The average Bonchev–Trinajstić information content (AvgIpc) is 3.18. The Morgan fingerprint density at radius 2 is 1.64 bits per heavy atom. The van der Waals surface area contributed by atoms with Gasteiger partial charge in [0.15, 0.2) is 0 Å². The van der Waals surface area contributed by atoms with Gasteiger partial charge < -0.3 is 13.7 Å². The molecule has 0 aliphatic heterocycles. The molecule has 0 spiro atoms. The van der Waals surface area contributed by atoms with E-state index in [0.717, 1.165) is 34.2 Å². The first-order chi connectivity index (χ1) is 13.6. The van der Waals surface area contributed by atoms with Gasteiger partial charge >= 0.3 is 5.63 Å². The lowest BCUT2D eigenvalue weighted by molar-refractivity contribution is 0.547. The standard InChI is InChI=1S/C21H18BrN3O3/c1-3-25(4-2)14-10-9-13-11-16(21(26)27-18(13)12-14)20-24-23-19(28-20)15-7-5-6-8-17(15)22/h5-12H,3-4H2,1-2H3. The molecule has 0 aliphatic carbocycles. The van der Waals surface area contributed by atoms with E-state index < -0.39 is 5.63 Å². The van der Waals surface area contributed by atoms with Crippen LogP contribution >= 0.6 is 15.9 Å². The molecule has 2 aromatic carbocycles. The predicted molar refractivity (Wildman–Crippen MR) is 112 cm³/mol. The summed E-state index contributed by atoms with van der Waals surface area (Å²) >= 11 is 3.46. The Labute approximate surface area is 169 Å². The molecule has 0 unspecified atom stereocenters. The molecule has 4 aromatic rings. The summed E-state index contributed by atoms with van der Waals surface area (Å²) < 4.78 is 12.1. The second kappa shape index (κ2) is 7.59. The lowest BCUT2D eigenvalue weighted by atomic mass is 10.1. The highest BCUT2D eigenvalue weighted by atomic mass is 79.9. The topological polar surface area (TPSA) is 72.4 Å². The van der Waals surface area contributed by atoms with Crippen LogP contribution in [-0.2, 0) is 0 Å². The van der Waals surface area contributed by atoms with Gasteiger partial charge in [-0.05, 0) is 60.1 Å². The predicted octanol–water partition coefficient (Wildman–Crippen LogP) is 5.12. The monoisotopic (exact) mass is 439 g/mol. The number of hydrogen-bond acceptors (Lipinski definition) is 6. The third-order valence-electron chi connectivity index (χ3n) is 4.61. The van der Waals surface area contributed by atoms with Crippen LogP contribution in [0.15, 0.2) is 66.6 Å². The van der Waals surface area contributed by atoms with Gasteiger partial charge in [-0.25, -0.2) is 4.79 Å². The van der Waals surface area contributed by atoms with E-state index in [2.05, 4.69) is 44.9 Å². The van der Waals surface area contributed by atoms with Crippen LogP contribution in [0.2, 0.25) is 0 Å². The van der Waals surface area contributed by atoms with Crippen molar-refractivity contribution in [1.29, 1.82) is 0 Å². The summed E-state index contributed by atoms with van der Waals surface area (Å²) in [6, 6.07) is 15.1. The fraction of sp³-hybridized carbons (Fsp3) is 0.190. The zero-order valence-corrected chi connectivity index (χ0v) is 17.1. The molecule has 2 heterocycles. The molecular weight excluding hydrogens is 422 g/mol. The Morgan fingerprint density at radius 1 is 0.929 bits per heavy atom. The van der Waals surface area contributed by atoms with Crippen molar-refractivity contribution < 1.29 is 8.83 Å². The van der Waals surface area contributed by atoms with Crippen molar-refractivity contribution in [3.05, 3.63) is 63.4 Å². The first kappa shape index (κ1) is 18.4. The first-order valence-corrected chi connectivity index (χ1v) is 9.81. The van der Waals surface area contributed by atoms with E-state index in [9.17, 15) is 4.79 Å². The molecule has 0 N–H and O–H groups in total. The quantitative estimate of drug-likeness (QED) is 0.401. The van der Waals surface area contributed by atoms with Crippen molar-refractivity contribution in [3.8, 4) is 22.9 Å². The van der Waals surface area contributed by atoms with E-state index in [-0.39, 0.29) is 11.5 Å². The largest absolute Gasteiger partial charge is 0.422 e. The van der Waals surface area contributed by atoms with Gasteiger partial charge in [0.05, 0.1) is 5.56 Å². The van der Waals surface area contributed by atoms with Gasteiger partial charge in [-0.3, -0.25) is 0 Å². The number of benzene rings is 2. The van der Waals surface area contributed by atoms with Crippen LogP contribution in [-0.4, -0.2) is 23.3 Å². The van der Waals surface area contributed by atoms with Gasteiger partial charge in [-0.1, -0.05) is 12.1 Å². The van der Waals surface area contributed by atoms with Gasteiger partial charge in [0.25, 0.3) is 5.89 Å². The highest BCUT2D eigenvalue weighted by Gasteiger charge is 2.17. The molecule has 0 aliphatic rings. The van der Waals surface area contributed by atoms with Gasteiger partial charge in [0.1, 0.15) is 11.1 Å². The maximum Gasteiger partial charge on any atom is 0.349 e. The molecule has 0 amide bonds. The first-order valence-electron chi connectivity index (χ1n) is 9.02. The molecule has 7 heteroatoms. The van der Waals surface area contributed by atoms with Crippen molar-refractivity contribution in [3.63, 3.8) is 0 Å². The molecule has 0 fully saturated rings. The van der Waals surface area contributed by atoms with Crippen LogP contribution in [0.3, 0.4) is 0 Å². The lowest BCUT2D eigenvalue weighted by Gasteiger charge is -2.20. The second-order valence-electron chi connectivity index (χ2n) is 6.23. The van der Waals surface area contributed by atoms with E-state index >= 15 is 0 Å². The highest BCUT2D eigenvalue weighted by molar-refractivity contribution is 9.10. The Morgan fingerprint density at radius 3 is 2.36 bits per heavy atom. The fourth-order valence-corrected chi connectivity index (χ4v) is 3.56. The van der Waals surface area contributed by atoms with E-state index in [1.807, 2.05) is 42.5 Å². The van der Waals surface area contributed by atoms with E-state index in [1.165, 1.54) is 0 Å². The normalized spacial score (nSPS) is 11.1. The number of aromatic nitrogens is 2. The zero-order valence-electron chi connectivity index (χ0n) is 15.5. The molecule has 0 saturated heterocycles. The highest BCUT2D eigenvalue weighted by Crippen LogP contribution is 2.30. The summed E-state index contributed by atoms with van der Waals surface area (Å²) in [6.45, 7) is 5.94. The molecule has 2 aromatic heterocycles. The third-order valence-corrected chi connectivity index (χ3v) is 5.30. The smallest absolute Gasteiger partial charge is 0.349 e. The third kappa shape index (κ3) is 3.33. The van der Waals surface area contributed by atoms with Crippen molar-refractivity contribution in [2.45, 2.75) is 13.8 Å². The molecule has 0 bridgehead atoms. The Balaban J connectivity index is 1.76. The summed E-state index contributed by atoms with van der Waals surface area (Å²) in [4.78, 5) is 14.7. The van der Waals surface area contributed by atoms with Crippen LogP contribution < -0.4 is 10.5 Å². The van der Waals surface area contributed by atoms with Crippen LogP contribution in [0.25, 0.3) is 33.9 Å². The van der Waals surface area contributed by atoms with Crippen molar-refractivity contribution in [1.82, 2.24) is 10.2 Å². The lowest BCUT2D eigenvalue weighted by Crippen LogP contribution is -2.21. The Bertz CT molecular complexity index is 1190. The van der Waals surface area contributed by atoms with E-state index in [1.54, 1.807) is 6.07 Å². The minimum atomic E-state index is -0.508. The van der Waals surface area contributed by atoms with Crippen LogP contribution in [0.1, 0.15) is 13.8 Å². The van der Waals surface area contributed by atoms with Crippen molar-refractivity contribution in [2.24, 2.45) is 0 Å². The van der Waals surface area contributed by atoms with Crippen LogP contribution in [0.5, 0.6) is 0 Å². The molecule has 0 saturated carbocycles. The number of anilines is 1. The summed E-state index contributed by atoms with van der Waals surface area (Å²) in [6.07, 6.45) is 0. The molecule has 142 valence electrons. The van der Waals surface area contributed by atoms with E-state index in [0.29, 0.717) is 11.5 Å². The summed E-state index contributed by atoms with van der Waals surface area (Å²) in [5.74, 6) is 0.466. The number of halogens is 1. The SMILES string of the molecule is CCN(CC)c1ccc2cc(-c3nnc(-c4ccccc4Br)o3)c(=O)oc2c1. The van der Waals surface area contributed by atoms with Crippen LogP contribution in [0, 0.1) is 0 Å². The Hall–Kier alpha value is -2.93. The molecule has 6 nitrogen and oxygen atoms in total. The molecular formula is C21H18BrN3O3. The average molecular weight is 440 g/mol. The maximum atomic E-state index is 12.5. The zero-order chi connectivity index (χ0) is 19.7. The molecule has 4 rings (SSSR count). The second-order valence-corrected chi connectivity index (χ2v) is 7.09. The number of fused-ring (bicyclic) bond motifs is 1. The maximum absolute atomic E-state index is 12.5. The molecule has 0 atom stereocenters.